The van der Waals surface area contributed by atoms with Crippen molar-refractivity contribution in [3.8, 4) is 0 Å². The normalized spacial score (nSPS) is 12.0. The molecule has 13 heteroatoms. The topological polar surface area (TPSA) is 104 Å². The lowest BCUT2D eigenvalue weighted by molar-refractivity contribution is -0.138. The van der Waals surface area contributed by atoms with Crippen molar-refractivity contribution in [2.45, 2.75) is 6.18 Å². The van der Waals surface area contributed by atoms with Gasteiger partial charge in [-0.05, 0) is 29.6 Å². The van der Waals surface area contributed by atoms with E-state index in [0.717, 1.165) is 21.3 Å². The molecule has 3 N–H and O–H groups in total. The number of hydrogen-bond acceptors (Lipinski definition) is 9. The predicted octanol–water partition coefficient (Wildman–Crippen LogP) is 4.93. The molecule has 8 nitrogen and oxygen atoms in total. The van der Waals surface area contributed by atoms with Gasteiger partial charge in [-0.15, -0.1) is 21.5 Å². The van der Waals surface area contributed by atoms with Gasteiger partial charge < -0.3 is 5.32 Å². The van der Waals surface area contributed by atoms with Gasteiger partial charge in [0.05, 0.1) is 21.9 Å². The first-order valence-corrected chi connectivity index (χ1v) is 9.78. The highest BCUT2D eigenvalue weighted by Gasteiger charge is 2.35. The average molecular weight is 434 g/mol. The van der Waals surface area contributed by atoms with E-state index in [9.17, 15) is 13.2 Å². The van der Waals surface area contributed by atoms with Crippen molar-refractivity contribution in [1.29, 1.82) is 0 Å². The van der Waals surface area contributed by atoms with E-state index in [1.807, 2.05) is 23.6 Å². The van der Waals surface area contributed by atoms with Gasteiger partial charge >= 0.3 is 6.18 Å². The van der Waals surface area contributed by atoms with Crippen LogP contribution >= 0.6 is 22.7 Å². The van der Waals surface area contributed by atoms with Crippen molar-refractivity contribution >= 4 is 66.4 Å². The number of halogens is 3. The van der Waals surface area contributed by atoms with E-state index >= 15 is 0 Å². The quantitative estimate of drug-likeness (QED) is 0.369. The lowest BCUT2D eigenvalue weighted by Gasteiger charge is -2.09. The predicted molar refractivity (Wildman–Crippen MR) is 105 cm³/mol. The van der Waals surface area contributed by atoms with Crippen LogP contribution in [0, 0.1) is 0 Å². The Labute approximate surface area is 167 Å². The van der Waals surface area contributed by atoms with Crippen molar-refractivity contribution in [3.05, 3.63) is 40.8 Å². The Bertz CT molecular complexity index is 1320. The number of H-pyrrole nitrogens is 1. The summed E-state index contributed by atoms with van der Waals surface area (Å²) in [6.45, 7) is 0. The molecule has 146 valence electrons. The summed E-state index contributed by atoms with van der Waals surface area (Å²) < 4.78 is 39.0. The summed E-state index contributed by atoms with van der Waals surface area (Å²) in [6, 6.07) is 7.47. The second-order valence-electron chi connectivity index (χ2n) is 5.86. The van der Waals surface area contributed by atoms with Crippen LogP contribution in [0.2, 0.25) is 0 Å². The molecule has 0 aliphatic heterocycles. The molecule has 0 amide bonds. The Kier molecular flexibility index (Phi) is 4.06. The zero-order valence-electron chi connectivity index (χ0n) is 14.2. The van der Waals surface area contributed by atoms with Crippen molar-refractivity contribution < 1.29 is 13.2 Å². The number of alkyl halides is 3. The number of aromatic nitrogens is 6. The summed E-state index contributed by atoms with van der Waals surface area (Å²) in [4.78, 5) is 8.75. The molecule has 0 unspecified atom stereocenters. The van der Waals surface area contributed by atoms with Crippen LogP contribution in [0.4, 0.5) is 35.8 Å². The number of benzene rings is 1. The van der Waals surface area contributed by atoms with Crippen LogP contribution in [0.5, 0.6) is 0 Å². The van der Waals surface area contributed by atoms with E-state index in [1.54, 1.807) is 12.3 Å². The molecule has 4 aromatic heterocycles. The molecule has 0 radical (unpaired) electrons. The van der Waals surface area contributed by atoms with Gasteiger partial charge in [-0.2, -0.15) is 23.3 Å². The highest BCUT2D eigenvalue weighted by molar-refractivity contribution is 7.17. The lowest BCUT2D eigenvalue weighted by Crippen LogP contribution is -2.03. The van der Waals surface area contributed by atoms with Crippen molar-refractivity contribution in [3.63, 3.8) is 0 Å². The fourth-order valence-electron chi connectivity index (χ4n) is 2.65. The van der Waals surface area contributed by atoms with Gasteiger partial charge in [-0.25, -0.2) is 4.98 Å². The summed E-state index contributed by atoms with van der Waals surface area (Å²) in [5.41, 5.74) is 2.34. The molecule has 0 aliphatic rings. The number of thiophene rings is 1. The SMILES string of the molecule is FC(F)(F)c1nnc(Nc2nc(Nc3ccc4[nH]ncc4c3)c3sccc3n2)s1. The second kappa shape index (κ2) is 6.63. The minimum Gasteiger partial charge on any atom is -0.339 e. The molecular formula is C16H9F3N8S2. The van der Waals surface area contributed by atoms with Crippen LogP contribution in [0.1, 0.15) is 5.01 Å². The highest BCUT2D eigenvalue weighted by atomic mass is 32.1. The molecular weight excluding hydrogens is 425 g/mol. The molecule has 0 saturated heterocycles. The number of nitrogens with one attached hydrogen (secondary N) is 3. The van der Waals surface area contributed by atoms with E-state index in [0.29, 0.717) is 22.7 Å². The molecule has 0 bridgehead atoms. The monoisotopic (exact) mass is 434 g/mol. The fraction of sp³-hybridized carbons (Fsp3) is 0.0625. The number of anilines is 4. The molecule has 5 rings (SSSR count). The summed E-state index contributed by atoms with van der Waals surface area (Å²) in [5.74, 6) is 0.642. The number of nitrogens with zero attached hydrogens (tertiary/aromatic N) is 5. The summed E-state index contributed by atoms with van der Waals surface area (Å²) >= 11 is 1.84. The Balaban J connectivity index is 1.48. The fourth-order valence-corrected chi connectivity index (χ4v) is 4.03. The lowest BCUT2D eigenvalue weighted by atomic mass is 10.2. The van der Waals surface area contributed by atoms with Gasteiger partial charge in [0.2, 0.25) is 16.1 Å². The average Bonchev–Trinajstić information content (AvgIpc) is 3.41. The molecule has 0 saturated carbocycles. The van der Waals surface area contributed by atoms with Gasteiger partial charge in [-0.1, -0.05) is 11.3 Å². The Morgan fingerprint density at radius 1 is 1.03 bits per heavy atom. The maximum Gasteiger partial charge on any atom is 0.445 e. The zero-order valence-corrected chi connectivity index (χ0v) is 15.8. The Morgan fingerprint density at radius 2 is 1.93 bits per heavy atom. The first kappa shape index (κ1) is 17.8. The first-order valence-electron chi connectivity index (χ1n) is 8.09. The van der Waals surface area contributed by atoms with Crippen molar-refractivity contribution in [2.75, 3.05) is 10.6 Å². The zero-order chi connectivity index (χ0) is 20.0. The third-order valence-electron chi connectivity index (χ3n) is 3.89. The smallest absolute Gasteiger partial charge is 0.339 e. The van der Waals surface area contributed by atoms with Crippen LogP contribution in [0.25, 0.3) is 21.1 Å². The molecule has 0 spiro atoms. The molecule has 0 fully saturated rings. The van der Waals surface area contributed by atoms with Gasteiger partial charge in [0.1, 0.15) is 0 Å². The van der Waals surface area contributed by atoms with Crippen LogP contribution in [-0.4, -0.2) is 30.4 Å². The molecule has 0 atom stereocenters. The number of fused-ring (bicyclic) bond motifs is 2. The third-order valence-corrected chi connectivity index (χ3v) is 5.69. The molecule has 4 heterocycles. The van der Waals surface area contributed by atoms with Gasteiger partial charge in [0, 0.05) is 11.1 Å². The number of rotatable bonds is 4. The van der Waals surface area contributed by atoms with E-state index in [1.165, 1.54) is 11.3 Å². The molecule has 0 aliphatic carbocycles. The third kappa shape index (κ3) is 3.45. The molecule has 29 heavy (non-hydrogen) atoms. The van der Waals surface area contributed by atoms with E-state index in [-0.39, 0.29) is 11.1 Å². The van der Waals surface area contributed by atoms with Crippen LogP contribution < -0.4 is 10.6 Å². The standard InChI is InChI=1S/C16H9F3N8S2/c17-16(18,19)13-26-27-15(29-13)24-14-22-10-3-4-28-11(10)12(23-14)21-8-1-2-9-7(5-8)6-20-25-9/h1-6H,(H,20,25)(H2,21,22,23,24,27). The minimum atomic E-state index is -4.55. The maximum atomic E-state index is 12.7. The highest BCUT2D eigenvalue weighted by Crippen LogP contribution is 2.35. The minimum absolute atomic E-state index is 0.0438. The summed E-state index contributed by atoms with van der Waals surface area (Å²) in [6.07, 6.45) is -2.84. The van der Waals surface area contributed by atoms with Crippen molar-refractivity contribution in [2.24, 2.45) is 0 Å². The number of aromatic amines is 1. The van der Waals surface area contributed by atoms with E-state index in [4.69, 9.17) is 0 Å². The van der Waals surface area contributed by atoms with E-state index < -0.39 is 11.2 Å². The van der Waals surface area contributed by atoms with E-state index in [2.05, 4.69) is 41.0 Å². The van der Waals surface area contributed by atoms with Gasteiger partial charge in [0.15, 0.2) is 5.82 Å². The Morgan fingerprint density at radius 3 is 2.76 bits per heavy atom. The molecule has 5 aromatic rings. The largest absolute Gasteiger partial charge is 0.445 e. The maximum absolute atomic E-state index is 12.7. The summed E-state index contributed by atoms with van der Waals surface area (Å²) in [7, 11) is 0. The van der Waals surface area contributed by atoms with Crippen LogP contribution in [-0.2, 0) is 6.18 Å². The first-order chi connectivity index (χ1) is 14.0. The molecule has 1 aromatic carbocycles. The van der Waals surface area contributed by atoms with Crippen LogP contribution in [0.15, 0.2) is 35.8 Å². The Hall–Kier alpha value is -3.32. The summed E-state index contributed by atoms with van der Waals surface area (Å²) in [5, 5.41) is 21.2. The second-order valence-corrected chi connectivity index (χ2v) is 7.76. The van der Waals surface area contributed by atoms with Crippen LogP contribution in [0.3, 0.4) is 0 Å². The van der Waals surface area contributed by atoms with Crippen molar-refractivity contribution in [1.82, 2.24) is 30.4 Å². The van der Waals surface area contributed by atoms with Gasteiger partial charge in [0.25, 0.3) is 0 Å². The number of hydrogen-bond donors (Lipinski definition) is 3. The van der Waals surface area contributed by atoms with Gasteiger partial charge in [-0.3, -0.25) is 10.4 Å².